The minimum Gasteiger partial charge on any atom is -0.454 e. The molecule has 0 aliphatic carbocycles. The quantitative estimate of drug-likeness (QED) is 0.685. The Morgan fingerprint density at radius 3 is 2.40 bits per heavy atom. The molecule has 0 saturated carbocycles. The van der Waals surface area contributed by atoms with Crippen LogP contribution in [0.3, 0.4) is 0 Å². The predicted molar refractivity (Wildman–Crippen MR) is 70.3 cm³/mol. The highest BCUT2D eigenvalue weighted by Gasteiger charge is 2.22. The van der Waals surface area contributed by atoms with Gasteiger partial charge in [-0.2, -0.15) is 0 Å². The summed E-state index contributed by atoms with van der Waals surface area (Å²) in [6.07, 6.45) is 0. The van der Waals surface area contributed by atoms with E-state index in [-0.39, 0.29) is 4.83 Å². The van der Waals surface area contributed by atoms with Gasteiger partial charge in [-0.05, 0) is 17.7 Å². The van der Waals surface area contributed by atoms with Crippen molar-refractivity contribution in [3.63, 3.8) is 0 Å². The van der Waals surface area contributed by atoms with Gasteiger partial charge in [-0.1, -0.05) is 54.7 Å². The van der Waals surface area contributed by atoms with Crippen LogP contribution in [0.5, 0.6) is 11.5 Å². The molecule has 1 heterocycles. The maximum Gasteiger partial charge on any atom is 0.231 e. The number of benzene rings is 1. The molecule has 0 N–H and O–H groups in total. The highest BCUT2D eigenvalue weighted by Crippen LogP contribution is 2.43. The lowest BCUT2D eigenvalue weighted by molar-refractivity contribution is 0.174. The molecule has 15 heavy (non-hydrogen) atoms. The highest BCUT2D eigenvalue weighted by atomic mass is 79.9. The lowest BCUT2D eigenvalue weighted by Gasteiger charge is -2.15. The fraction of sp³-hybridized carbons (Fsp3) is 0.400. The first-order chi connectivity index (χ1) is 7.09. The van der Waals surface area contributed by atoms with E-state index in [9.17, 15) is 0 Å². The third kappa shape index (κ3) is 2.34. The minimum absolute atomic E-state index is 0.237. The third-order valence-electron chi connectivity index (χ3n) is 2.19. The number of hydrogen-bond acceptors (Lipinski definition) is 2. The molecule has 1 aromatic rings. The average Bonchev–Trinajstić information content (AvgIpc) is 2.62. The van der Waals surface area contributed by atoms with Gasteiger partial charge in [-0.3, -0.25) is 0 Å². The molecule has 1 aromatic carbocycles. The second kappa shape index (κ2) is 4.63. The van der Waals surface area contributed by atoms with E-state index >= 15 is 0 Å². The van der Waals surface area contributed by atoms with E-state index in [1.807, 2.05) is 12.1 Å². The standard InChI is InChI=1S/C10H9Br3O2/c1-5(11)10(13)6-2-8-9(3-7(6)12)15-4-14-8/h2-3,5,10H,4H2,1H3/t5-,10+/m0/s1. The first-order valence-electron chi connectivity index (χ1n) is 4.47. The Labute approximate surface area is 114 Å². The van der Waals surface area contributed by atoms with Gasteiger partial charge in [0.1, 0.15) is 0 Å². The summed E-state index contributed by atoms with van der Waals surface area (Å²) in [5.41, 5.74) is 1.16. The molecular weight excluding hydrogens is 392 g/mol. The summed E-state index contributed by atoms with van der Waals surface area (Å²) in [4.78, 5) is 0.579. The molecule has 0 spiro atoms. The molecule has 2 nitrogen and oxygen atoms in total. The van der Waals surface area contributed by atoms with Gasteiger partial charge in [-0.25, -0.2) is 0 Å². The molecule has 1 aliphatic rings. The monoisotopic (exact) mass is 398 g/mol. The fourth-order valence-electron chi connectivity index (χ4n) is 1.39. The van der Waals surface area contributed by atoms with E-state index < -0.39 is 0 Å². The molecule has 0 fully saturated rings. The molecule has 5 heteroatoms. The van der Waals surface area contributed by atoms with Crippen LogP contribution in [0.1, 0.15) is 17.3 Å². The topological polar surface area (TPSA) is 18.5 Å². The summed E-state index contributed by atoms with van der Waals surface area (Å²) in [5, 5.41) is 0. The second-order valence-corrected chi connectivity index (χ2v) is 6.59. The van der Waals surface area contributed by atoms with Crippen molar-refractivity contribution in [2.24, 2.45) is 0 Å². The van der Waals surface area contributed by atoms with Crippen LogP contribution in [0, 0.1) is 0 Å². The first kappa shape index (κ1) is 11.7. The van der Waals surface area contributed by atoms with Crippen molar-refractivity contribution in [3.05, 3.63) is 22.2 Å². The SMILES string of the molecule is C[C@H](Br)[C@@H](Br)c1cc2c(cc1Br)OCO2. The molecule has 82 valence electrons. The third-order valence-corrected chi connectivity index (χ3v) is 5.40. The van der Waals surface area contributed by atoms with E-state index in [4.69, 9.17) is 9.47 Å². The van der Waals surface area contributed by atoms with Gasteiger partial charge in [0.15, 0.2) is 11.5 Å². The van der Waals surface area contributed by atoms with E-state index in [1.54, 1.807) is 0 Å². The number of ether oxygens (including phenoxy) is 2. The zero-order valence-electron chi connectivity index (χ0n) is 7.97. The van der Waals surface area contributed by atoms with Crippen molar-refractivity contribution in [1.82, 2.24) is 0 Å². The first-order valence-corrected chi connectivity index (χ1v) is 7.09. The van der Waals surface area contributed by atoms with Crippen molar-refractivity contribution < 1.29 is 9.47 Å². The minimum atomic E-state index is 0.237. The lowest BCUT2D eigenvalue weighted by Crippen LogP contribution is -2.02. The van der Waals surface area contributed by atoms with Crippen LogP contribution in [-0.4, -0.2) is 11.6 Å². The Morgan fingerprint density at radius 2 is 1.80 bits per heavy atom. The molecule has 0 aromatic heterocycles. The van der Waals surface area contributed by atoms with Gasteiger partial charge in [0.25, 0.3) is 0 Å². The molecule has 2 atom stereocenters. The summed E-state index contributed by atoms with van der Waals surface area (Å²) in [6.45, 7) is 2.40. The summed E-state index contributed by atoms with van der Waals surface area (Å²) in [6, 6.07) is 3.95. The normalized spacial score (nSPS) is 17.6. The van der Waals surface area contributed by atoms with Gasteiger partial charge in [-0.15, -0.1) is 0 Å². The van der Waals surface area contributed by atoms with Crippen LogP contribution >= 0.6 is 47.8 Å². The van der Waals surface area contributed by atoms with E-state index in [1.165, 1.54) is 0 Å². The second-order valence-electron chi connectivity index (χ2n) is 3.31. The van der Waals surface area contributed by atoms with Crippen LogP contribution in [0.25, 0.3) is 0 Å². The predicted octanol–water partition coefficient (Wildman–Crippen LogP) is 4.40. The van der Waals surface area contributed by atoms with Crippen LogP contribution in [0.2, 0.25) is 0 Å². The Kier molecular flexibility index (Phi) is 3.63. The molecule has 0 radical (unpaired) electrons. The van der Waals surface area contributed by atoms with E-state index in [0.29, 0.717) is 11.6 Å². The Morgan fingerprint density at radius 1 is 1.20 bits per heavy atom. The highest BCUT2D eigenvalue weighted by molar-refractivity contribution is 9.12. The Bertz CT molecular complexity index is 379. The zero-order chi connectivity index (χ0) is 11.0. The van der Waals surface area contributed by atoms with Crippen LogP contribution in [-0.2, 0) is 0 Å². The van der Waals surface area contributed by atoms with Crippen molar-refractivity contribution in [2.45, 2.75) is 16.6 Å². The number of fused-ring (bicyclic) bond motifs is 1. The summed E-state index contributed by atoms with van der Waals surface area (Å²) >= 11 is 10.7. The summed E-state index contributed by atoms with van der Waals surface area (Å²) < 4.78 is 11.7. The van der Waals surface area contributed by atoms with Crippen molar-refractivity contribution in [3.8, 4) is 11.5 Å². The number of rotatable bonds is 2. The molecule has 0 bridgehead atoms. The van der Waals surface area contributed by atoms with Gasteiger partial charge in [0.05, 0.1) is 4.83 Å². The summed E-state index contributed by atoms with van der Waals surface area (Å²) in [7, 11) is 0. The largest absolute Gasteiger partial charge is 0.454 e. The molecule has 0 saturated heterocycles. The molecule has 0 unspecified atom stereocenters. The van der Waals surface area contributed by atoms with E-state index in [2.05, 4.69) is 54.7 Å². The number of halogens is 3. The van der Waals surface area contributed by atoms with Crippen LogP contribution in [0.15, 0.2) is 16.6 Å². The van der Waals surface area contributed by atoms with Crippen molar-refractivity contribution in [1.29, 1.82) is 0 Å². The maximum atomic E-state index is 5.34. The average molecular weight is 401 g/mol. The van der Waals surface area contributed by atoms with Crippen LogP contribution < -0.4 is 9.47 Å². The Balaban J connectivity index is 2.40. The number of hydrogen-bond donors (Lipinski definition) is 0. The van der Waals surface area contributed by atoms with Gasteiger partial charge in [0.2, 0.25) is 6.79 Å². The Hall–Kier alpha value is 0.260. The van der Waals surface area contributed by atoms with Gasteiger partial charge in [0, 0.05) is 9.30 Å². The van der Waals surface area contributed by atoms with Crippen LogP contribution in [0.4, 0.5) is 0 Å². The number of alkyl halides is 2. The smallest absolute Gasteiger partial charge is 0.231 e. The van der Waals surface area contributed by atoms with Gasteiger partial charge < -0.3 is 9.47 Å². The summed E-state index contributed by atoms with van der Waals surface area (Å²) in [5.74, 6) is 1.61. The van der Waals surface area contributed by atoms with Gasteiger partial charge >= 0.3 is 0 Å². The van der Waals surface area contributed by atoms with Crippen molar-refractivity contribution >= 4 is 47.8 Å². The molecule has 1 aliphatic heterocycles. The molecular formula is C10H9Br3O2. The maximum absolute atomic E-state index is 5.34. The fourth-order valence-corrected chi connectivity index (χ4v) is 2.93. The zero-order valence-corrected chi connectivity index (χ0v) is 12.7. The van der Waals surface area contributed by atoms with E-state index in [0.717, 1.165) is 21.5 Å². The molecule has 0 amide bonds. The molecule has 2 rings (SSSR count). The lowest BCUT2D eigenvalue weighted by atomic mass is 10.1. The van der Waals surface area contributed by atoms with Crippen molar-refractivity contribution in [2.75, 3.05) is 6.79 Å².